The van der Waals surface area contributed by atoms with Crippen molar-refractivity contribution in [3.05, 3.63) is 34.2 Å². The summed E-state index contributed by atoms with van der Waals surface area (Å²) in [6.45, 7) is 0.593. The smallest absolute Gasteiger partial charge is 0.268 e. The second-order valence-corrected chi connectivity index (χ2v) is 9.84. The number of aromatic amines is 1. The molecule has 1 aromatic carbocycles. The second-order valence-electron chi connectivity index (χ2n) is 9.04. The molecular formula is C23H27BrFN5O4. The van der Waals surface area contributed by atoms with E-state index in [4.69, 9.17) is 5.73 Å². The first-order valence-electron chi connectivity index (χ1n) is 11.4. The van der Waals surface area contributed by atoms with E-state index in [-0.39, 0.29) is 22.5 Å². The van der Waals surface area contributed by atoms with Crippen LogP contribution in [0.1, 0.15) is 49.0 Å². The highest BCUT2D eigenvalue weighted by molar-refractivity contribution is 9.10. The molecule has 34 heavy (non-hydrogen) atoms. The Hall–Kier alpha value is -2.95. The number of fused-ring (bicyclic) bond motifs is 1. The van der Waals surface area contributed by atoms with Crippen molar-refractivity contribution >= 4 is 50.5 Å². The first kappa shape index (κ1) is 24.2. The van der Waals surface area contributed by atoms with E-state index in [1.54, 1.807) is 12.1 Å². The van der Waals surface area contributed by atoms with Gasteiger partial charge in [-0.15, -0.1) is 0 Å². The number of primary amides is 1. The largest absolute Gasteiger partial charge is 0.368 e. The molecule has 4 rings (SSSR count). The van der Waals surface area contributed by atoms with E-state index in [9.17, 15) is 23.6 Å². The fraction of sp³-hybridized carbons (Fsp3) is 0.478. The molecule has 2 unspecified atom stereocenters. The van der Waals surface area contributed by atoms with Crippen LogP contribution >= 0.6 is 15.9 Å². The normalized spacial score (nSPS) is 19.8. The third kappa shape index (κ3) is 5.57. The molecule has 9 nitrogen and oxygen atoms in total. The molecule has 1 saturated carbocycles. The number of hydrogen-bond donors (Lipinski definition) is 5. The van der Waals surface area contributed by atoms with Crippen LogP contribution in [-0.4, -0.2) is 47.2 Å². The second kappa shape index (κ2) is 10.1. The number of H-pyrrole nitrogens is 1. The molecule has 182 valence electrons. The van der Waals surface area contributed by atoms with E-state index in [0.717, 1.165) is 19.3 Å². The summed E-state index contributed by atoms with van der Waals surface area (Å²) in [6, 6.07) is 2.52. The summed E-state index contributed by atoms with van der Waals surface area (Å²) in [6.07, 6.45) is 3.86. The summed E-state index contributed by atoms with van der Waals surface area (Å²) in [5.74, 6) is -2.50. The molecule has 3 atom stereocenters. The van der Waals surface area contributed by atoms with Gasteiger partial charge in [-0.3, -0.25) is 19.2 Å². The lowest BCUT2D eigenvalue weighted by Gasteiger charge is -2.27. The van der Waals surface area contributed by atoms with Gasteiger partial charge in [-0.05, 0) is 65.7 Å². The molecule has 0 radical (unpaired) electrons. The van der Waals surface area contributed by atoms with Crippen LogP contribution in [0.3, 0.4) is 0 Å². The fourth-order valence-electron chi connectivity index (χ4n) is 4.28. The Balaban J connectivity index is 1.46. The first-order chi connectivity index (χ1) is 16.2. The SMILES string of the molecule is NC(=O)C(C[C@@H]1CCCNC1=O)NC(=O)C(CC1CC1)NC(=O)c1cc2ccc(F)c(Br)c2[nH]1. The van der Waals surface area contributed by atoms with Gasteiger partial charge < -0.3 is 26.7 Å². The Bertz CT molecular complexity index is 1130. The van der Waals surface area contributed by atoms with Gasteiger partial charge in [0.25, 0.3) is 5.91 Å². The molecule has 11 heteroatoms. The molecule has 1 aliphatic carbocycles. The van der Waals surface area contributed by atoms with Gasteiger partial charge in [0.1, 0.15) is 23.6 Å². The molecule has 1 aromatic heterocycles. The molecule has 0 bridgehead atoms. The van der Waals surface area contributed by atoms with Gasteiger partial charge in [-0.2, -0.15) is 0 Å². The molecular weight excluding hydrogens is 509 g/mol. The third-order valence-electron chi connectivity index (χ3n) is 6.40. The van der Waals surface area contributed by atoms with E-state index in [1.807, 2.05) is 0 Å². The topological polar surface area (TPSA) is 146 Å². The third-order valence-corrected chi connectivity index (χ3v) is 7.17. The number of hydrogen-bond acceptors (Lipinski definition) is 4. The molecule has 1 saturated heterocycles. The Morgan fingerprint density at radius 1 is 1.15 bits per heavy atom. The number of nitrogens with two attached hydrogens (primary N) is 1. The van der Waals surface area contributed by atoms with Crippen molar-refractivity contribution in [1.82, 2.24) is 20.9 Å². The predicted molar refractivity (Wildman–Crippen MR) is 126 cm³/mol. The van der Waals surface area contributed by atoms with Crippen LogP contribution in [0, 0.1) is 17.7 Å². The van der Waals surface area contributed by atoms with Crippen LogP contribution in [-0.2, 0) is 14.4 Å². The van der Waals surface area contributed by atoms with Crippen LogP contribution in [0.25, 0.3) is 10.9 Å². The molecule has 1 aliphatic heterocycles. The maximum absolute atomic E-state index is 13.8. The van der Waals surface area contributed by atoms with Gasteiger partial charge in [-0.1, -0.05) is 12.8 Å². The summed E-state index contributed by atoms with van der Waals surface area (Å²) >= 11 is 3.17. The number of nitrogens with one attached hydrogen (secondary N) is 4. The van der Waals surface area contributed by atoms with Crippen LogP contribution in [0.2, 0.25) is 0 Å². The zero-order chi connectivity index (χ0) is 24.4. The van der Waals surface area contributed by atoms with Gasteiger partial charge in [0, 0.05) is 17.8 Å². The number of carbonyl (C=O) groups excluding carboxylic acids is 4. The average molecular weight is 536 g/mol. The van der Waals surface area contributed by atoms with E-state index in [2.05, 4.69) is 36.9 Å². The summed E-state index contributed by atoms with van der Waals surface area (Å²) in [5, 5.41) is 8.77. The lowest BCUT2D eigenvalue weighted by atomic mass is 9.91. The van der Waals surface area contributed by atoms with Crippen molar-refractivity contribution in [2.75, 3.05) is 6.54 Å². The van der Waals surface area contributed by atoms with Gasteiger partial charge in [0.15, 0.2) is 0 Å². The van der Waals surface area contributed by atoms with Crippen molar-refractivity contribution in [3.63, 3.8) is 0 Å². The Labute approximate surface area is 203 Å². The first-order valence-corrected chi connectivity index (χ1v) is 12.2. The van der Waals surface area contributed by atoms with Crippen molar-refractivity contribution < 1.29 is 23.6 Å². The standard InChI is InChI=1S/C23H27BrFN5O4/c24-18-14(25)6-5-12-9-17(28-19(12)18)23(34)30-16(8-11-3-4-11)22(33)29-15(20(26)31)10-13-2-1-7-27-21(13)32/h5-6,9,11,13,15-16,28H,1-4,7-8,10H2,(H2,26,31)(H,27,32)(H,29,33)(H,30,34)/t13-,15?,16?/m0/s1. The van der Waals surface area contributed by atoms with E-state index in [0.29, 0.717) is 36.2 Å². The molecule has 2 fully saturated rings. The highest BCUT2D eigenvalue weighted by atomic mass is 79.9. The number of piperidine rings is 1. The van der Waals surface area contributed by atoms with Gasteiger partial charge in [0.05, 0.1) is 9.99 Å². The minimum atomic E-state index is -1.02. The number of carbonyl (C=O) groups is 4. The maximum Gasteiger partial charge on any atom is 0.268 e. The fourth-order valence-corrected chi connectivity index (χ4v) is 4.74. The summed E-state index contributed by atoms with van der Waals surface area (Å²) < 4.78 is 14.0. The molecule has 4 amide bonds. The van der Waals surface area contributed by atoms with Crippen molar-refractivity contribution in [2.24, 2.45) is 17.6 Å². The lowest BCUT2D eigenvalue weighted by Crippen LogP contribution is -2.54. The van der Waals surface area contributed by atoms with Crippen LogP contribution < -0.4 is 21.7 Å². The number of benzene rings is 1. The zero-order valence-corrected chi connectivity index (χ0v) is 20.0. The maximum atomic E-state index is 13.8. The van der Waals surface area contributed by atoms with E-state index in [1.165, 1.54) is 6.07 Å². The molecule has 6 N–H and O–H groups in total. The van der Waals surface area contributed by atoms with Crippen molar-refractivity contribution in [1.29, 1.82) is 0 Å². The van der Waals surface area contributed by atoms with E-state index >= 15 is 0 Å². The Morgan fingerprint density at radius 2 is 1.91 bits per heavy atom. The molecule has 2 aromatic rings. The molecule has 2 heterocycles. The average Bonchev–Trinajstić information content (AvgIpc) is 3.51. The number of rotatable bonds is 9. The summed E-state index contributed by atoms with van der Waals surface area (Å²) in [5.41, 5.74) is 6.13. The minimum Gasteiger partial charge on any atom is -0.368 e. The predicted octanol–water partition coefficient (Wildman–Crippen LogP) is 1.85. The Morgan fingerprint density at radius 3 is 2.59 bits per heavy atom. The summed E-state index contributed by atoms with van der Waals surface area (Å²) in [7, 11) is 0. The van der Waals surface area contributed by atoms with Crippen LogP contribution in [0.4, 0.5) is 4.39 Å². The van der Waals surface area contributed by atoms with Crippen molar-refractivity contribution in [2.45, 2.75) is 50.6 Å². The van der Waals surface area contributed by atoms with Crippen LogP contribution in [0.15, 0.2) is 22.7 Å². The van der Waals surface area contributed by atoms with Crippen molar-refractivity contribution in [3.8, 4) is 0 Å². The number of aromatic nitrogens is 1. The quantitative estimate of drug-likeness (QED) is 0.333. The van der Waals surface area contributed by atoms with Crippen LogP contribution in [0.5, 0.6) is 0 Å². The highest BCUT2D eigenvalue weighted by Crippen LogP contribution is 2.34. The molecule has 0 spiro atoms. The highest BCUT2D eigenvalue weighted by Gasteiger charge is 2.34. The van der Waals surface area contributed by atoms with Gasteiger partial charge in [-0.25, -0.2) is 4.39 Å². The number of halogens is 2. The minimum absolute atomic E-state index is 0.110. The molecule has 2 aliphatic rings. The number of amides is 4. The zero-order valence-electron chi connectivity index (χ0n) is 18.5. The lowest BCUT2D eigenvalue weighted by molar-refractivity contribution is -0.131. The monoisotopic (exact) mass is 535 g/mol. The Kier molecular flexibility index (Phi) is 7.20. The van der Waals surface area contributed by atoms with Gasteiger partial charge >= 0.3 is 0 Å². The van der Waals surface area contributed by atoms with Gasteiger partial charge in [0.2, 0.25) is 17.7 Å². The summed E-state index contributed by atoms with van der Waals surface area (Å²) in [4.78, 5) is 53.0. The van der Waals surface area contributed by atoms with E-state index < -0.39 is 41.5 Å².